The Balaban J connectivity index is 2.35. The number of nitrogens with one attached hydrogen (secondary N) is 1. The van der Waals surface area contributed by atoms with E-state index < -0.39 is 0 Å². The van der Waals surface area contributed by atoms with Crippen molar-refractivity contribution < 1.29 is 4.79 Å². The van der Waals surface area contributed by atoms with Crippen LogP contribution in [0, 0.1) is 0 Å². The number of thioether (sulfide) groups is 1. The van der Waals surface area contributed by atoms with Crippen LogP contribution >= 0.6 is 11.8 Å². The highest BCUT2D eigenvalue weighted by molar-refractivity contribution is 8.00. The van der Waals surface area contributed by atoms with Crippen LogP contribution in [0.25, 0.3) is 0 Å². The Kier molecular flexibility index (Phi) is 6.29. The van der Waals surface area contributed by atoms with E-state index in [1.807, 2.05) is 11.8 Å². The number of hydrogen-bond acceptors (Lipinski definition) is 3. The fraction of sp³-hybridized carbons (Fsp3) is 0.923. The molecule has 1 aliphatic heterocycles. The van der Waals surface area contributed by atoms with Gasteiger partial charge in [-0.15, -0.1) is 0 Å². The molecule has 1 rings (SSSR count). The first-order valence-corrected chi connectivity index (χ1v) is 8.12. The summed E-state index contributed by atoms with van der Waals surface area (Å²) in [7, 11) is 0. The highest BCUT2D eigenvalue weighted by atomic mass is 32.2. The molecule has 1 saturated heterocycles. The minimum Gasteiger partial charge on any atom is -0.351 e. The molecule has 0 aromatic rings. The summed E-state index contributed by atoms with van der Waals surface area (Å²) in [6.07, 6.45) is 6.61. The Labute approximate surface area is 115 Å². The first-order chi connectivity index (χ1) is 8.56. The number of likely N-dealkylation sites (tertiary alicyclic amines) is 1. The largest absolute Gasteiger partial charge is 0.351 e. The van der Waals surface area contributed by atoms with E-state index in [2.05, 4.69) is 25.4 Å². The standard InChI is InChI=1S/C13H27N3OS/c1-4-13(5-2,18-3)10-15-11-6-8-16(9-7-11)12(14)17/h11,15H,4-10H2,1-3H3,(H2,14,17). The van der Waals surface area contributed by atoms with Crippen LogP contribution in [0.1, 0.15) is 39.5 Å². The van der Waals surface area contributed by atoms with E-state index in [9.17, 15) is 4.79 Å². The number of carbonyl (C=O) groups excluding carboxylic acids is 1. The quantitative estimate of drug-likeness (QED) is 0.778. The molecule has 18 heavy (non-hydrogen) atoms. The molecule has 106 valence electrons. The second kappa shape index (κ2) is 7.24. The van der Waals surface area contributed by atoms with Crippen molar-refractivity contribution in [1.82, 2.24) is 10.2 Å². The molecule has 0 radical (unpaired) electrons. The van der Waals surface area contributed by atoms with Gasteiger partial charge in [-0.2, -0.15) is 11.8 Å². The van der Waals surface area contributed by atoms with Crippen LogP contribution in [0.4, 0.5) is 4.79 Å². The first kappa shape index (κ1) is 15.6. The summed E-state index contributed by atoms with van der Waals surface area (Å²) in [5, 5.41) is 3.68. The number of rotatable bonds is 6. The topological polar surface area (TPSA) is 58.4 Å². The van der Waals surface area contributed by atoms with Gasteiger partial charge in [-0.05, 0) is 31.9 Å². The second-order valence-electron chi connectivity index (χ2n) is 5.07. The zero-order valence-electron chi connectivity index (χ0n) is 11.9. The third-order valence-electron chi connectivity index (χ3n) is 4.24. The first-order valence-electron chi connectivity index (χ1n) is 6.89. The lowest BCUT2D eigenvalue weighted by atomic mass is 9.99. The summed E-state index contributed by atoms with van der Waals surface area (Å²) in [6, 6.07) is 0.249. The lowest BCUT2D eigenvalue weighted by Gasteiger charge is -2.35. The van der Waals surface area contributed by atoms with E-state index in [-0.39, 0.29) is 6.03 Å². The third kappa shape index (κ3) is 4.05. The maximum Gasteiger partial charge on any atom is 0.314 e. The maximum atomic E-state index is 11.0. The Morgan fingerprint density at radius 3 is 2.33 bits per heavy atom. The van der Waals surface area contributed by atoms with Gasteiger partial charge in [0.15, 0.2) is 0 Å². The average Bonchev–Trinajstić information content (AvgIpc) is 2.41. The molecule has 0 aliphatic carbocycles. The Morgan fingerprint density at radius 1 is 1.39 bits per heavy atom. The van der Waals surface area contributed by atoms with Crippen LogP contribution < -0.4 is 11.1 Å². The predicted molar refractivity (Wildman–Crippen MR) is 79.0 cm³/mol. The van der Waals surface area contributed by atoms with Gasteiger partial charge in [0.05, 0.1) is 0 Å². The molecule has 0 aromatic heterocycles. The molecule has 2 amide bonds. The van der Waals surface area contributed by atoms with Crippen molar-refractivity contribution in [1.29, 1.82) is 0 Å². The highest BCUT2D eigenvalue weighted by Gasteiger charge is 2.27. The summed E-state index contributed by atoms with van der Waals surface area (Å²) in [5.41, 5.74) is 5.28. The van der Waals surface area contributed by atoms with Crippen LogP contribution in [-0.2, 0) is 0 Å². The van der Waals surface area contributed by atoms with Crippen molar-refractivity contribution in [3.63, 3.8) is 0 Å². The zero-order valence-corrected chi connectivity index (χ0v) is 12.7. The van der Waals surface area contributed by atoms with E-state index in [0.717, 1.165) is 32.5 Å². The minimum atomic E-state index is -0.283. The molecule has 3 N–H and O–H groups in total. The van der Waals surface area contributed by atoms with Crippen LogP contribution in [0.5, 0.6) is 0 Å². The number of piperidine rings is 1. The molecule has 1 fully saturated rings. The van der Waals surface area contributed by atoms with Gasteiger partial charge in [0.25, 0.3) is 0 Å². The van der Waals surface area contributed by atoms with Crippen LogP contribution in [-0.4, -0.2) is 47.6 Å². The number of hydrogen-bond donors (Lipinski definition) is 2. The Morgan fingerprint density at radius 2 is 1.94 bits per heavy atom. The maximum absolute atomic E-state index is 11.0. The van der Waals surface area contributed by atoms with E-state index in [1.54, 1.807) is 4.90 Å². The number of nitrogens with two attached hydrogens (primary N) is 1. The van der Waals surface area contributed by atoms with Crippen molar-refractivity contribution in [3.8, 4) is 0 Å². The summed E-state index contributed by atoms with van der Waals surface area (Å²) < 4.78 is 0.362. The van der Waals surface area contributed by atoms with Crippen LogP contribution in [0.15, 0.2) is 0 Å². The third-order valence-corrected chi connectivity index (χ3v) is 5.83. The molecule has 5 heteroatoms. The van der Waals surface area contributed by atoms with E-state index in [1.165, 1.54) is 12.8 Å². The van der Waals surface area contributed by atoms with Crippen molar-refractivity contribution in [2.45, 2.75) is 50.3 Å². The van der Waals surface area contributed by atoms with E-state index >= 15 is 0 Å². The van der Waals surface area contributed by atoms with E-state index in [4.69, 9.17) is 5.73 Å². The highest BCUT2D eigenvalue weighted by Crippen LogP contribution is 2.30. The van der Waals surface area contributed by atoms with E-state index in [0.29, 0.717) is 10.8 Å². The molecule has 0 bridgehead atoms. The number of nitrogens with zero attached hydrogens (tertiary/aromatic N) is 1. The van der Waals surface area contributed by atoms with Gasteiger partial charge in [-0.25, -0.2) is 4.79 Å². The monoisotopic (exact) mass is 273 g/mol. The van der Waals surface area contributed by atoms with Gasteiger partial charge in [0.2, 0.25) is 0 Å². The molecule has 0 unspecified atom stereocenters. The van der Waals surface area contributed by atoms with Gasteiger partial charge in [0.1, 0.15) is 0 Å². The number of urea groups is 1. The summed E-state index contributed by atoms with van der Waals surface area (Å²) in [4.78, 5) is 12.8. The summed E-state index contributed by atoms with van der Waals surface area (Å²) in [5.74, 6) is 0. The van der Waals surface area contributed by atoms with Gasteiger partial charge in [0, 0.05) is 30.4 Å². The van der Waals surface area contributed by atoms with Crippen LogP contribution in [0.3, 0.4) is 0 Å². The fourth-order valence-electron chi connectivity index (χ4n) is 2.50. The Hall–Kier alpha value is -0.420. The molecular weight excluding hydrogens is 246 g/mol. The van der Waals surface area contributed by atoms with Gasteiger partial charge in [-0.1, -0.05) is 13.8 Å². The van der Waals surface area contributed by atoms with Crippen molar-refractivity contribution in [3.05, 3.63) is 0 Å². The lowest BCUT2D eigenvalue weighted by molar-refractivity contribution is 0.184. The molecule has 0 aromatic carbocycles. The average molecular weight is 273 g/mol. The van der Waals surface area contributed by atoms with Crippen molar-refractivity contribution in [2.24, 2.45) is 5.73 Å². The number of primary amides is 1. The molecular formula is C13H27N3OS. The SMILES string of the molecule is CCC(CC)(CNC1CCN(C(N)=O)CC1)SC. The second-order valence-corrected chi connectivity index (χ2v) is 6.35. The number of amides is 2. The minimum absolute atomic E-state index is 0.283. The van der Waals surface area contributed by atoms with Gasteiger partial charge < -0.3 is 16.0 Å². The van der Waals surface area contributed by atoms with Gasteiger partial charge >= 0.3 is 6.03 Å². The lowest BCUT2D eigenvalue weighted by Crippen LogP contribution is -2.49. The van der Waals surface area contributed by atoms with Gasteiger partial charge in [-0.3, -0.25) is 0 Å². The molecule has 4 nitrogen and oxygen atoms in total. The molecule has 0 spiro atoms. The molecule has 1 aliphatic rings. The molecule has 1 heterocycles. The smallest absolute Gasteiger partial charge is 0.314 e. The number of carbonyl (C=O) groups is 1. The van der Waals surface area contributed by atoms with Crippen LogP contribution in [0.2, 0.25) is 0 Å². The predicted octanol–water partition coefficient (Wildman–Crippen LogP) is 2.04. The molecule has 0 atom stereocenters. The van der Waals surface area contributed by atoms with Crippen molar-refractivity contribution >= 4 is 17.8 Å². The zero-order chi connectivity index (χ0) is 13.6. The summed E-state index contributed by atoms with van der Waals surface area (Å²) >= 11 is 1.96. The fourth-order valence-corrected chi connectivity index (χ4v) is 3.30. The summed E-state index contributed by atoms with van der Waals surface area (Å²) in [6.45, 7) is 7.16. The van der Waals surface area contributed by atoms with Crippen molar-refractivity contribution in [2.75, 3.05) is 25.9 Å². The Bertz CT molecular complexity index is 253. The normalized spacial score (nSPS) is 18.1. The molecule has 0 saturated carbocycles.